The molecule has 0 aromatic carbocycles. The number of aliphatic hydroxyl groups excluding tert-OH is 1. The largest absolute Gasteiger partial charge is 0.478 e. The summed E-state index contributed by atoms with van der Waals surface area (Å²) in [5.74, 6) is 2.62. The quantitative estimate of drug-likeness (QED) is 0.867. The fourth-order valence-corrected chi connectivity index (χ4v) is 3.05. The van der Waals surface area contributed by atoms with Crippen LogP contribution in [0, 0.1) is 12.8 Å². The van der Waals surface area contributed by atoms with Crippen molar-refractivity contribution in [2.45, 2.75) is 52.0 Å². The Labute approximate surface area is 120 Å². The van der Waals surface area contributed by atoms with Crippen molar-refractivity contribution in [2.75, 3.05) is 18.5 Å². The van der Waals surface area contributed by atoms with Crippen molar-refractivity contribution in [3.05, 3.63) is 11.9 Å². The van der Waals surface area contributed by atoms with Gasteiger partial charge in [0.1, 0.15) is 11.6 Å². The summed E-state index contributed by atoms with van der Waals surface area (Å²) in [5, 5.41) is 13.3. The zero-order chi connectivity index (χ0) is 14.6. The second kappa shape index (κ2) is 6.39. The van der Waals surface area contributed by atoms with Crippen molar-refractivity contribution in [3.8, 4) is 5.88 Å². The van der Waals surface area contributed by atoms with Crippen LogP contribution in [0.3, 0.4) is 0 Å². The SMILES string of the molecule is CCOc1cc(NC2(CO)CCCC(C)C2)nc(C)n1. The van der Waals surface area contributed by atoms with Gasteiger partial charge < -0.3 is 15.2 Å². The number of hydrogen-bond acceptors (Lipinski definition) is 5. The fraction of sp³-hybridized carbons (Fsp3) is 0.733. The first-order valence-corrected chi connectivity index (χ1v) is 7.44. The second-order valence-corrected chi connectivity index (χ2v) is 5.84. The highest BCUT2D eigenvalue weighted by Gasteiger charge is 2.34. The molecule has 0 radical (unpaired) electrons. The molecule has 2 rings (SSSR count). The number of ether oxygens (including phenoxy) is 1. The van der Waals surface area contributed by atoms with Crippen LogP contribution >= 0.6 is 0 Å². The van der Waals surface area contributed by atoms with Gasteiger partial charge in [-0.3, -0.25) is 0 Å². The van der Waals surface area contributed by atoms with Crippen molar-refractivity contribution in [1.82, 2.24) is 9.97 Å². The predicted octanol–water partition coefficient (Wildman–Crippen LogP) is 2.54. The van der Waals surface area contributed by atoms with E-state index in [1.54, 1.807) is 0 Å². The maximum absolute atomic E-state index is 9.83. The minimum atomic E-state index is -0.262. The van der Waals surface area contributed by atoms with Gasteiger partial charge in [-0.1, -0.05) is 19.8 Å². The van der Waals surface area contributed by atoms with Crippen LogP contribution in [0.25, 0.3) is 0 Å². The standard InChI is InChI=1S/C15H25N3O2/c1-4-20-14-8-13(16-12(3)17-14)18-15(10-19)7-5-6-11(2)9-15/h8,11,19H,4-7,9-10H2,1-3H3,(H,16,17,18). The normalized spacial score (nSPS) is 26.3. The first kappa shape index (κ1) is 15.0. The van der Waals surface area contributed by atoms with Crippen molar-refractivity contribution in [1.29, 1.82) is 0 Å². The van der Waals surface area contributed by atoms with E-state index in [1.165, 1.54) is 6.42 Å². The average molecular weight is 279 g/mol. The lowest BCUT2D eigenvalue weighted by Gasteiger charge is -2.39. The van der Waals surface area contributed by atoms with Crippen LogP contribution in [0.4, 0.5) is 5.82 Å². The third-order valence-electron chi connectivity index (χ3n) is 3.89. The Balaban J connectivity index is 2.18. The van der Waals surface area contributed by atoms with E-state index in [-0.39, 0.29) is 12.1 Å². The zero-order valence-electron chi connectivity index (χ0n) is 12.6. The van der Waals surface area contributed by atoms with Crippen LogP contribution in [0.1, 0.15) is 45.4 Å². The summed E-state index contributed by atoms with van der Waals surface area (Å²) >= 11 is 0. The summed E-state index contributed by atoms with van der Waals surface area (Å²) in [6, 6.07) is 1.81. The molecule has 2 N–H and O–H groups in total. The molecule has 2 atom stereocenters. The number of aryl methyl sites for hydroxylation is 1. The molecule has 0 saturated heterocycles. The highest BCUT2D eigenvalue weighted by molar-refractivity contribution is 5.41. The Kier molecular flexibility index (Phi) is 4.81. The van der Waals surface area contributed by atoms with Gasteiger partial charge in [0.2, 0.25) is 5.88 Å². The van der Waals surface area contributed by atoms with E-state index < -0.39 is 0 Å². The van der Waals surface area contributed by atoms with E-state index in [9.17, 15) is 5.11 Å². The van der Waals surface area contributed by atoms with Gasteiger partial charge in [-0.15, -0.1) is 0 Å². The molecule has 1 heterocycles. The number of hydrogen-bond donors (Lipinski definition) is 2. The highest BCUT2D eigenvalue weighted by Crippen LogP contribution is 2.34. The number of nitrogens with zero attached hydrogens (tertiary/aromatic N) is 2. The number of aliphatic hydroxyl groups is 1. The summed E-state index contributed by atoms with van der Waals surface area (Å²) < 4.78 is 5.45. The molecule has 2 unspecified atom stereocenters. The van der Waals surface area contributed by atoms with E-state index in [4.69, 9.17) is 4.74 Å². The number of anilines is 1. The molecule has 20 heavy (non-hydrogen) atoms. The van der Waals surface area contributed by atoms with Crippen LogP contribution in [0.5, 0.6) is 5.88 Å². The molecule has 0 amide bonds. The van der Waals surface area contributed by atoms with Gasteiger partial charge in [0, 0.05) is 6.07 Å². The lowest BCUT2D eigenvalue weighted by molar-refractivity contribution is 0.149. The number of nitrogens with one attached hydrogen (secondary N) is 1. The molecule has 0 spiro atoms. The second-order valence-electron chi connectivity index (χ2n) is 5.84. The van der Waals surface area contributed by atoms with Crippen LogP contribution in [-0.4, -0.2) is 33.8 Å². The van der Waals surface area contributed by atoms with Crippen LogP contribution in [0.15, 0.2) is 6.07 Å². The fourth-order valence-electron chi connectivity index (χ4n) is 3.05. The lowest BCUT2D eigenvalue weighted by atomic mass is 9.77. The third-order valence-corrected chi connectivity index (χ3v) is 3.89. The zero-order valence-corrected chi connectivity index (χ0v) is 12.6. The summed E-state index contributed by atoms with van der Waals surface area (Å²) in [6.45, 7) is 6.73. The number of aromatic nitrogens is 2. The van der Waals surface area contributed by atoms with Crippen molar-refractivity contribution in [2.24, 2.45) is 5.92 Å². The van der Waals surface area contributed by atoms with E-state index in [1.807, 2.05) is 19.9 Å². The van der Waals surface area contributed by atoms with Gasteiger partial charge in [-0.25, -0.2) is 4.98 Å². The Morgan fingerprint density at radius 1 is 1.50 bits per heavy atom. The van der Waals surface area contributed by atoms with Gasteiger partial charge >= 0.3 is 0 Å². The van der Waals surface area contributed by atoms with Crippen LogP contribution in [0.2, 0.25) is 0 Å². The Hall–Kier alpha value is -1.36. The van der Waals surface area contributed by atoms with Crippen molar-refractivity contribution >= 4 is 5.82 Å². The van der Waals surface area contributed by atoms with Crippen LogP contribution in [-0.2, 0) is 0 Å². The van der Waals surface area contributed by atoms with Crippen molar-refractivity contribution in [3.63, 3.8) is 0 Å². The van der Waals surface area contributed by atoms with E-state index in [2.05, 4.69) is 22.2 Å². The minimum absolute atomic E-state index is 0.129. The smallest absolute Gasteiger partial charge is 0.218 e. The molecule has 1 aromatic rings. The molecule has 0 aliphatic heterocycles. The summed E-state index contributed by atoms with van der Waals surface area (Å²) in [7, 11) is 0. The van der Waals surface area contributed by atoms with Gasteiger partial charge in [0.15, 0.2) is 0 Å². The molecule has 1 fully saturated rings. The molecule has 0 bridgehead atoms. The molecule has 1 aromatic heterocycles. The third kappa shape index (κ3) is 3.60. The first-order chi connectivity index (χ1) is 9.57. The topological polar surface area (TPSA) is 67.3 Å². The molecular weight excluding hydrogens is 254 g/mol. The summed E-state index contributed by atoms with van der Waals surface area (Å²) in [5.41, 5.74) is -0.262. The van der Waals surface area contributed by atoms with Gasteiger partial charge in [0.25, 0.3) is 0 Å². The molecule has 112 valence electrons. The number of rotatable bonds is 5. The predicted molar refractivity (Wildman–Crippen MR) is 79.0 cm³/mol. The molecule has 5 nitrogen and oxygen atoms in total. The van der Waals surface area contributed by atoms with E-state index in [0.717, 1.165) is 25.1 Å². The Morgan fingerprint density at radius 3 is 2.95 bits per heavy atom. The summed E-state index contributed by atoms with van der Waals surface area (Å²) in [4.78, 5) is 8.66. The monoisotopic (exact) mass is 279 g/mol. The Morgan fingerprint density at radius 2 is 2.30 bits per heavy atom. The maximum atomic E-state index is 9.83. The molecule has 1 saturated carbocycles. The first-order valence-electron chi connectivity index (χ1n) is 7.44. The average Bonchev–Trinajstić information content (AvgIpc) is 2.38. The highest BCUT2D eigenvalue weighted by atomic mass is 16.5. The molecule has 5 heteroatoms. The van der Waals surface area contributed by atoms with E-state index >= 15 is 0 Å². The Bertz CT molecular complexity index is 453. The van der Waals surface area contributed by atoms with E-state index in [0.29, 0.717) is 24.2 Å². The molecular formula is C15H25N3O2. The van der Waals surface area contributed by atoms with Gasteiger partial charge in [0.05, 0.1) is 18.8 Å². The van der Waals surface area contributed by atoms with Gasteiger partial charge in [-0.05, 0) is 32.6 Å². The van der Waals surface area contributed by atoms with Crippen molar-refractivity contribution < 1.29 is 9.84 Å². The molecule has 1 aliphatic rings. The maximum Gasteiger partial charge on any atom is 0.218 e. The lowest BCUT2D eigenvalue weighted by Crippen LogP contribution is -2.46. The van der Waals surface area contributed by atoms with Crippen LogP contribution < -0.4 is 10.1 Å². The minimum Gasteiger partial charge on any atom is -0.478 e. The molecule has 1 aliphatic carbocycles. The summed E-state index contributed by atoms with van der Waals surface area (Å²) in [6.07, 6.45) is 4.31. The van der Waals surface area contributed by atoms with Gasteiger partial charge in [-0.2, -0.15) is 4.98 Å².